The van der Waals surface area contributed by atoms with E-state index in [1.165, 1.54) is 0 Å². The molecule has 0 aliphatic rings. The van der Waals surface area contributed by atoms with Crippen molar-refractivity contribution in [3.63, 3.8) is 0 Å². The monoisotopic (exact) mass is 268 g/mol. The molecule has 4 nitrogen and oxygen atoms in total. The smallest absolute Gasteiger partial charge is 0.135 e. The number of pyridine rings is 1. The molecule has 0 fully saturated rings. The van der Waals surface area contributed by atoms with Crippen molar-refractivity contribution in [2.24, 2.45) is 0 Å². The first-order valence-electron chi connectivity index (χ1n) is 6.61. The molecular weight excluding hydrogens is 252 g/mol. The Kier molecular flexibility index (Phi) is 3.76. The van der Waals surface area contributed by atoms with Crippen molar-refractivity contribution >= 4 is 11.0 Å². The normalized spacial score (nSPS) is 11.1. The van der Waals surface area contributed by atoms with Crippen molar-refractivity contribution in [3.05, 3.63) is 54.4 Å². The Morgan fingerprint density at radius 2 is 1.95 bits per heavy atom. The molecule has 2 N–H and O–H groups in total. The molecule has 102 valence electrons. The minimum Gasteiger partial charge on any atom is -0.456 e. The van der Waals surface area contributed by atoms with Gasteiger partial charge < -0.3 is 14.8 Å². The van der Waals surface area contributed by atoms with Gasteiger partial charge in [-0.15, -0.1) is 0 Å². The molecule has 0 spiro atoms. The Morgan fingerprint density at radius 3 is 2.75 bits per heavy atom. The Balaban J connectivity index is 1.88. The molecule has 3 aromatic rings. The lowest BCUT2D eigenvalue weighted by atomic mass is 10.1. The highest BCUT2D eigenvalue weighted by molar-refractivity contribution is 5.83. The van der Waals surface area contributed by atoms with Crippen LogP contribution in [0.25, 0.3) is 22.3 Å². The van der Waals surface area contributed by atoms with E-state index in [9.17, 15) is 0 Å². The van der Waals surface area contributed by atoms with Gasteiger partial charge in [0.2, 0.25) is 0 Å². The summed E-state index contributed by atoms with van der Waals surface area (Å²) in [6.07, 6.45) is 3.51. The van der Waals surface area contributed by atoms with Crippen LogP contribution in [-0.2, 0) is 6.54 Å². The number of aliphatic hydroxyl groups excluding tert-OH is 1. The minimum absolute atomic E-state index is 0.148. The number of nitrogens with zero attached hydrogens (tertiary/aromatic N) is 1. The molecular formula is C16H16N2O2. The van der Waals surface area contributed by atoms with Crippen LogP contribution in [0.15, 0.2) is 53.2 Å². The highest BCUT2D eigenvalue weighted by atomic mass is 16.3. The second kappa shape index (κ2) is 5.86. The van der Waals surface area contributed by atoms with Gasteiger partial charge in [0.15, 0.2) is 0 Å². The van der Waals surface area contributed by atoms with E-state index in [2.05, 4.69) is 22.4 Å². The first kappa shape index (κ1) is 12.8. The van der Waals surface area contributed by atoms with Crippen LogP contribution in [0.3, 0.4) is 0 Å². The highest BCUT2D eigenvalue weighted by Gasteiger charge is 2.06. The number of hydrogen-bond acceptors (Lipinski definition) is 4. The van der Waals surface area contributed by atoms with Gasteiger partial charge in [-0.1, -0.05) is 12.1 Å². The van der Waals surface area contributed by atoms with Crippen molar-refractivity contribution in [2.75, 3.05) is 13.2 Å². The standard InChI is InChI=1S/C16H16N2O2/c19-8-7-18-11-12-1-2-14-10-16(20-15(14)9-12)13-3-5-17-6-4-13/h1-6,9-10,18-19H,7-8,11H2. The van der Waals surface area contributed by atoms with Crippen molar-refractivity contribution in [1.82, 2.24) is 10.3 Å². The van der Waals surface area contributed by atoms with Gasteiger partial charge in [-0.3, -0.25) is 4.98 Å². The quantitative estimate of drug-likeness (QED) is 0.698. The van der Waals surface area contributed by atoms with E-state index < -0.39 is 0 Å². The lowest BCUT2D eigenvalue weighted by molar-refractivity contribution is 0.292. The number of furan rings is 1. The van der Waals surface area contributed by atoms with Crippen molar-refractivity contribution < 1.29 is 9.52 Å². The zero-order valence-electron chi connectivity index (χ0n) is 11.0. The first-order chi connectivity index (χ1) is 9.86. The van der Waals surface area contributed by atoms with E-state index in [0.29, 0.717) is 6.54 Å². The molecule has 0 aliphatic carbocycles. The van der Waals surface area contributed by atoms with E-state index in [0.717, 1.165) is 34.4 Å². The molecule has 0 saturated carbocycles. The number of aliphatic hydroxyl groups is 1. The van der Waals surface area contributed by atoms with Gasteiger partial charge in [0, 0.05) is 36.4 Å². The van der Waals surface area contributed by atoms with Gasteiger partial charge in [0.05, 0.1) is 6.61 Å². The molecule has 0 radical (unpaired) electrons. The third kappa shape index (κ3) is 2.71. The lowest BCUT2D eigenvalue weighted by Crippen LogP contribution is -2.17. The molecule has 20 heavy (non-hydrogen) atoms. The number of hydrogen-bond donors (Lipinski definition) is 2. The maximum atomic E-state index is 8.76. The SMILES string of the molecule is OCCNCc1ccc2cc(-c3ccncc3)oc2c1. The summed E-state index contributed by atoms with van der Waals surface area (Å²) in [5.74, 6) is 0.850. The number of fused-ring (bicyclic) bond motifs is 1. The topological polar surface area (TPSA) is 58.3 Å². The summed E-state index contributed by atoms with van der Waals surface area (Å²) < 4.78 is 5.90. The zero-order valence-corrected chi connectivity index (χ0v) is 11.0. The predicted octanol–water partition coefficient (Wildman–Crippen LogP) is 2.58. The van der Waals surface area contributed by atoms with Crippen LogP contribution in [0, 0.1) is 0 Å². The van der Waals surface area contributed by atoms with Crippen LogP contribution in [0.4, 0.5) is 0 Å². The average Bonchev–Trinajstić information content (AvgIpc) is 2.92. The molecule has 2 heterocycles. The third-order valence-electron chi connectivity index (χ3n) is 3.17. The fourth-order valence-corrected chi connectivity index (χ4v) is 2.16. The van der Waals surface area contributed by atoms with Crippen molar-refractivity contribution in [1.29, 1.82) is 0 Å². The summed E-state index contributed by atoms with van der Waals surface area (Å²) in [7, 11) is 0. The second-order valence-corrected chi connectivity index (χ2v) is 4.62. The van der Waals surface area contributed by atoms with E-state index >= 15 is 0 Å². The summed E-state index contributed by atoms with van der Waals surface area (Å²) in [6.45, 7) is 1.47. The third-order valence-corrected chi connectivity index (χ3v) is 3.17. The molecule has 4 heteroatoms. The maximum Gasteiger partial charge on any atom is 0.135 e. The van der Waals surface area contributed by atoms with Crippen LogP contribution in [0.5, 0.6) is 0 Å². The molecule has 0 aliphatic heterocycles. The van der Waals surface area contributed by atoms with E-state index in [1.54, 1.807) is 12.4 Å². The zero-order chi connectivity index (χ0) is 13.8. The molecule has 0 unspecified atom stereocenters. The number of rotatable bonds is 5. The fourth-order valence-electron chi connectivity index (χ4n) is 2.16. The fraction of sp³-hybridized carbons (Fsp3) is 0.188. The van der Waals surface area contributed by atoms with Crippen molar-refractivity contribution in [3.8, 4) is 11.3 Å². The summed E-state index contributed by atoms with van der Waals surface area (Å²) in [5.41, 5.74) is 3.04. The van der Waals surface area contributed by atoms with E-state index in [-0.39, 0.29) is 6.61 Å². The van der Waals surface area contributed by atoms with Crippen LogP contribution < -0.4 is 5.32 Å². The molecule has 1 aromatic carbocycles. The van der Waals surface area contributed by atoms with Gasteiger partial charge in [0.1, 0.15) is 11.3 Å². The average molecular weight is 268 g/mol. The molecule has 0 atom stereocenters. The molecule has 0 saturated heterocycles. The Labute approximate surface area is 117 Å². The molecule has 0 bridgehead atoms. The largest absolute Gasteiger partial charge is 0.456 e. The van der Waals surface area contributed by atoms with Crippen LogP contribution >= 0.6 is 0 Å². The summed E-state index contributed by atoms with van der Waals surface area (Å²) >= 11 is 0. The summed E-state index contributed by atoms with van der Waals surface area (Å²) in [6, 6.07) is 12.1. The molecule has 0 amide bonds. The van der Waals surface area contributed by atoms with Gasteiger partial charge in [-0.05, 0) is 29.8 Å². The van der Waals surface area contributed by atoms with E-state index in [4.69, 9.17) is 9.52 Å². The predicted molar refractivity (Wildman–Crippen MR) is 78.2 cm³/mol. The Hall–Kier alpha value is -2.17. The summed E-state index contributed by atoms with van der Waals surface area (Å²) in [4.78, 5) is 4.01. The van der Waals surface area contributed by atoms with E-state index in [1.807, 2.05) is 24.3 Å². The van der Waals surface area contributed by atoms with Gasteiger partial charge in [-0.25, -0.2) is 0 Å². The Morgan fingerprint density at radius 1 is 1.10 bits per heavy atom. The van der Waals surface area contributed by atoms with Gasteiger partial charge in [-0.2, -0.15) is 0 Å². The highest BCUT2D eigenvalue weighted by Crippen LogP contribution is 2.27. The van der Waals surface area contributed by atoms with Crippen LogP contribution in [0.2, 0.25) is 0 Å². The number of benzene rings is 1. The Bertz CT molecular complexity index is 692. The number of aromatic nitrogens is 1. The van der Waals surface area contributed by atoms with Crippen LogP contribution in [0.1, 0.15) is 5.56 Å². The lowest BCUT2D eigenvalue weighted by Gasteiger charge is -2.02. The maximum absolute atomic E-state index is 8.76. The van der Waals surface area contributed by atoms with Crippen molar-refractivity contribution in [2.45, 2.75) is 6.54 Å². The number of nitrogens with one attached hydrogen (secondary N) is 1. The second-order valence-electron chi connectivity index (χ2n) is 4.62. The van der Waals surface area contributed by atoms with Crippen LogP contribution in [-0.4, -0.2) is 23.2 Å². The summed E-state index contributed by atoms with van der Waals surface area (Å²) in [5, 5.41) is 13.0. The van der Waals surface area contributed by atoms with Gasteiger partial charge in [0.25, 0.3) is 0 Å². The van der Waals surface area contributed by atoms with Gasteiger partial charge >= 0.3 is 0 Å². The first-order valence-corrected chi connectivity index (χ1v) is 6.61. The minimum atomic E-state index is 0.148. The molecule has 3 rings (SSSR count). The molecule has 2 aromatic heterocycles.